The monoisotopic (exact) mass is 428 g/mol. The molecule has 3 aromatic rings. The van der Waals surface area contributed by atoms with Crippen molar-refractivity contribution in [2.24, 2.45) is 0 Å². The number of amides is 1. The quantitative estimate of drug-likeness (QED) is 0.653. The van der Waals surface area contributed by atoms with Crippen LogP contribution in [0.15, 0.2) is 54.9 Å². The Labute approximate surface area is 176 Å². The number of aromatic nitrogens is 2. The Morgan fingerprint density at radius 2 is 1.94 bits per heavy atom. The molecule has 0 atom stereocenters. The number of nitrogens with zero attached hydrogens (tertiary/aromatic N) is 3. The van der Waals surface area contributed by atoms with E-state index in [1.54, 1.807) is 18.2 Å². The number of benzene rings is 1. The SMILES string of the molecule is COc1ccc(C(=O)Nc2c(-c3ccccc3F)ccnc2N2CCC(F)(F)C2)cn1. The molecule has 3 heterocycles. The summed E-state index contributed by atoms with van der Waals surface area (Å²) in [6.45, 7) is -0.471. The lowest BCUT2D eigenvalue weighted by Gasteiger charge is -2.23. The summed E-state index contributed by atoms with van der Waals surface area (Å²) in [5.74, 6) is -3.41. The number of methoxy groups -OCH3 is 1. The highest BCUT2D eigenvalue weighted by Gasteiger charge is 2.40. The molecule has 1 aliphatic heterocycles. The fourth-order valence-electron chi connectivity index (χ4n) is 3.46. The molecule has 1 amide bonds. The molecule has 0 bridgehead atoms. The highest BCUT2D eigenvalue weighted by atomic mass is 19.3. The summed E-state index contributed by atoms with van der Waals surface area (Å²) >= 11 is 0. The average Bonchev–Trinajstić information content (AvgIpc) is 3.14. The van der Waals surface area contributed by atoms with E-state index in [9.17, 15) is 18.0 Å². The second kappa shape index (κ2) is 8.25. The number of carbonyl (C=O) groups excluding carboxylic acids is 1. The summed E-state index contributed by atoms with van der Waals surface area (Å²) < 4.78 is 47.3. The number of rotatable bonds is 5. The van der Waals surface area contributed by atoms with Gasteiger partial charge in [0.2, 0.25) is 5.88 Å². The van der Waals surface area contributed by atoms with Crippen molar-refractivity contribution in [2.75, 3.05) is 30.4 Å². The van der Waals surface area contributed by atoms with Crippen molar-refractivity contribution in [3.05, 3.63) is 66.2 Å². The van der Waals surface area contributed by atoms with Crippen LogP contribution in [0.2, 0.25) is 0 Å². The minimum absolute atomic E-state index is 0.0632. The zero-order valence-electron chi connectivity index (χ0n) is 16.6. The van der Waals surface area contributed by atoms with Gasteiger partial charge in [-0.2, -0.15) is 0 Å². The maximum Gasteiger partial charge on any atom is 0.266 e. The van der Waals surface area contributed by atoms with Gasteiger partial charge in [-0.15, -0.1) is 0 Å². The first-order valence-electron chi connectivity index (χ1n) is 9.56. The van der Waals surface area contributed by atoms with E-state index in [1.165, 1.54) is 48.7 Å². The first kappa shape index (κ1) is 20.6. The van der Waals surface area contributed by atoms with Crippen LogP contribution in [0.5, 0.6) is 5.88 Å². The molecule has 0 spiro atoms. The van der Waals surface area contributed by atoms with E-state index < -0.39 is 24.2 Å². The van der Waals surface area contributed by atoms with Gasteiger partial charge in [0.05, 0.1) is 24.9 Å². The van der Waals surface area contributed by atoms with Crippen LogP contribution in [0.4, 0.5) is 24.7 Å². The average molecular weight is 428 g/mol. The van der Waals surface area contributed by atoms with Gasteiger partial charge in [-0.3, -0.25) is 4.79 Å². The van der Waals surface area contributed by atoms with Crippen LogP contribution < -0.4 is 15.0 Å². The molecule has 31 heavy (non-hydrogen) atoms. The molecule has 4 rings (SSSR count). The molecule has 0 unspecified atom stereocenters. The third kappa shape index (κ3) is 4.30. The van der Waals surface area contributed by atoms with Gasteiger partial charge in [-0.25, -0.2) is 23.1 Å². The number of hydrogen-bond donors (Lipinski definition) is 1. The molecule has 0 aliphatic carbocycles. The standard InChI is InChI=1S/C22H19F3N4O2/c1-31-18-7-6-14(12-27-18)21(30)28-19-16(15-4-2-3-5-17(15)23)8-10-26-20(19)29-11-9-22(24,25)13-29/h2-8,10,12H,9,11,13H2,1H3,(H,28,30). The largest absolute Gasteiger partial charge is 0.481 e. The van der Waals surface area contributed by atoms with E-state index in [-0.39, 0.29) is 35.6 Å². The molecule has 1 fully saturated rings. The van der Waals surface area contributed by atoms with Crippen molar-refractivity contribution in [1.29, 1.82) is 0 Å². The van der Waals surface area contributed by atoms with Crippen LogP contribution in [0.1, 0.15) is 16.8 Å². The van der Waals surface area contributed by atoms with Crippen molar-refractivity contribution in [1.82, 2.24) is 9.97 Å². The van der Waals surface area contributed by atoms with Crippen LogP contribution in [0.25, 0.3) is 11.1 Å². The van der Waals surface area contributed by atoms with Crippen molar-refractivity contribution in [3.8, 4) is 17.0 Å². The van der Waals surface area contributed by atoms with Crippen molar-refractivity contribution >= 4 is 17.4 Å². The predicted octanol–water partition coefficient (Wildman–Crippen LogP) is 4.39. The second-order valence-corrected chi connectivity index (χ2v) is 7.11. The smallest absolute Gasteiger partial charge is 0.266 e. The number of anilines is 2. The molecule has 9 heteroatoms. The van der Waals surface area contributed by atoms with E-state index in [0.29, 0.717) is 11.4 Å². The van der Waals surface area contributed by atoms with Gasteiger partial charge >= 0.3 is 0 Å². The fourth-order valence-corrected chi connectivity index (χ4v) is 3.46. The summed E-state index contributed by atoms with van der Waals surface area (Å²) in [6, 6.07) is 10.6. The van der Waals surface area contributed by atoms with Gasteiger partial charge in [-0.1, -0.05) is 18.2 Å². The van der Waals surface area contributed by atoms with Gasteiger partial charge in [0.25, 0.3) is 11.8 Å². The Bertz CT molecular complexity index is 1110. The molecule has 1 aromatic carbocycles. The van der Waals surface area contributed by atoms with Gasteiger partial charge in [0.1, 0.15) is 5.82 Å². The highest BCUT2D eigenvalue weighted by Crippen LogP contribution is 2.39. The Morgan fingerprint density at radius 3 is 2.58 bits per heavy atom. The number of hydrogen-bond acceptors (Lipinski definition) is 5. The summed E-state index contributed by atoms with van der Waals surface area (Å²) in [6.07, 6.45) is 2.42. The van der Waals surface area contributed by atoms with E-state index in [0.717, 1.165) is 0 Å². The lowest BCUT2D eigenvalue weighted by molar-refractivity contribution is 0.0257. The van der Waals surface area contributed by atoms with Gasteiger partial charge in [0.15, 0.2) is 5.82 Å². The summed E-state index contributed by atoms with van der Waals surface area (Å²) in [5, 5.41) is 2.73. The molecule has 6 nitrogen and oxygen atoms in total. The summed E-state index contributed by atoms with van der Waals surface area (Å²) in [7, 11) is 1.45. The number of pyridine rings is 2. The number of alkyl halides is 2. The maximum absolute atomic E-state index is 14.5. The molecule has 1 saturated heterocycles. The van der Waals surface area contributed by atoms with E-state index in [2.05, 4.69) is 15.3 Å². The Kier molecular flexibility index (Phi) is 5.50. The van der Waals surface area contributed by atoms with Crippen molar-refractivity contribution < 1.29 is 22.7 Å². The Morgan fingerprint density at radius 1 is 1.13 bits per heavy atom. The molecular formula is C22H19F3N4O2. The van der Waals surface area contributed by atoms with E-state index in [4.69, 9.17) is 4.74 Å². The molecule has 1 aliphatic rings. The van der Waals surface area contributed by atoms with Crippen LogP contribution >= 0.6 is 0 Å². The molecule has 0 radical (unpaired) electrons. The van der Waals surface area contributed by atoms with E-state index >= 15 is 0 Å². The minimum Gasteiger partial charge on any atom is -0.481 e. The first-order valence-corrected chi connectivity index (χ1v) is 9.56. The molecule has 0 saturated carbocycles. The lowest BCUT2D eigenvalue weighted by Crippen LogP contribution is -2.27. The van der Waals surface area contributed by atoms with Crippen LogP contribution in [-0.4, -0.2) is 42.0 Å². The Balaban J connectivity index is 1.77. The molecule has 160 valence electrons. The highest BCUT2D eigenvalue weighted by molar-refractivity contribution is 6.08. The van der Waals surface area contributed by atoms with Crippen molar-refractivity contribution in [3.63, 3.8) is 0 Å². The number of carbonyl (C=O) groups is 1. The zero-order chi connectivity index (χ0) is 22.0. The molecular weight excluding hydrogens is 409 g/mol. The van der Waals surface area contributed by atoms with Crippen LogP contribution in [0, 0.1) is 5.82 Å². The fraction of sp³-hybridized carbons (Fsp3) is 0.227. The maximum atomic E-state index is 14.5. The Hall–Kier alpha value is -3.62. The van der Waals surface area contributed by atoms with Gasteiger partial charge in [-0.05, 0) is 18.2 Å². The van der Waals surface area contributed by atoms with E-state index in [1.807, 2.05) is 0 Å². The van der Waals surface area contributed by atoms with Crippen LogP contribution in [-0.2, 0) is 0 Å². The molecule has 1 N–H and O–H groups in total. The second-order valence-electron chi connectivity index (χ2n) is 7.11. The third-order valence-electron chi connectivity index (χ3n) is 5.01. The first-order chi connectivity index (χ1) is 14.9. The normalized spacial score (nSPS) is 15.0. The molecule has 2 aromatic heterocycles. The van der Waals surface area contributed by atoms with Crippen LogP contribution in [0.3, 0.4) is 0 Å². The van der Waals surface area contributed by atoms with Crippen molar-refractivity contribution in [2.45, 2.75) is 12.3 Å². The third-order valence-corrected chi connectivity index (χ3v) is 5.01. The van der Waals surface area contributed by atoms with Gasteiger partial charge in [0, 0.05) is 42.6 Å². The zero-order valence-corrected chi connectivity index (χ0v) is 16.6. The number of nitrogens with one attached hydrogen (secondary N) is 1. The minimum atomic E-state index is -2.86. The summed E-state index contributed by atoms with van der Waals surface area (Å²) in [4.78, 5) is 22.5. The number of ether oxygens (including phenoxy) is 1. The van der Waals surface area contributed by atoms with Gasteiger partial charge < -0.3 is 15.0 Å². The summed E-state index contributed by atoms with van der Waals surface area (Å²) in [5.41, 5.74) is 0.946. The lowest BCUT2D eigenvalue weighted by atomic mass is 10.0. The predicted molar refractivity (Wildman–Crippen MR) is 110 cm³/mol. The topological polar surface area (TPSA) is 67.3 Å². The number of halogens is 3.